The highest BCUT2D eigenvalue weighted by Gasteiger charge is 2.22. The van der Waals surface area contributed by atoms with Crippen LogP contribution >= 0.6 is 0 Å². The molecule has 0 radical (unpaired) electrons. The largest absolute Gasteiger partial charge is 0.312 e. The molecule has 1 aromatic rings. The molecule has 0 bridgehead atoms. The van der Waals surface area contributed by atoms with Crippen LogP contribution in [0.3, 0.4) is 0 Å². The van der Waals surface area contributed by atoms with E-state index in [1.165, 1.54) is 22.4 Å². The second kappa shape index (κ2) is 3.59. The van der Waals surface area contributed by atoms with Crippen molar-refractivity contribution < 1.29 is 0 Å². The van der Waals surface area contributed by atoms with E-state index in [-0.39, 0.29) is 0 Å². The lowest BCUT2D eigenvalue weighted by Gasteiger charge is -2.16. The van der Waals surface area contributed by atoms with E-state index in [4.69, 9.17) is 0 Å². The smallest absolute Gasteiger partial charge is 0.0696 e. The van der Waals surface area contributed by atoms with E-state index in [1.54, 1.807) is 0 Å². The van der Waals surface area contributed by atoms with Crippen LogP contribution in [0.2, 0.25) is 0 Å². The minimum Gasteiger partial charge on any atom is -0.312 e. The molecule has 0 saturated carbocycles. The van der Waals surface area contributed by atoms with Crippen LogP contribution in [0.25, 0.3) is 0 Å². The van der Waals surface area contributed by atoms with Gasteiger partial charge in [-0.15, -0.1) is 0 Å². The van der Waals surface area contributed by atoms with E-state index in [0.717, 1.165) is 26.1 Å². The number of aliphatic imine (C=N–C) groups is 1. The van der Waals surface area contributed by atoms with Crippen molar-refractivity contribution in [1.82, 2.24) is 10.3 Å². The summed E-state index contributed by atoms with van der Waals surface area (Å²) in [6, 6.07) is 4.06. The molecule has 0 fully saturated rings. The number of hydrogen-bond acceptors (Lipinski definition) is 3. The van der Waals surface area contributed by atoms with Gasteiger partial charge >= 0.3 is 0 Å². The first-order valence-electron chi connectivity index (χ1n) is 5.32. The first kappa shape index (κ1) is 8.80. The first-order valence-corrected chi connectivity index (χ1v) is 5.32. The molecule has 0 amide bonds. The summed E-state index contributed by atoms with van der Waals surface area (Å²) in [6.07, 6.45) is 4.80. The molecule has 3 rings (SSSR count). The van der Waals surface area contributed by atoms with Gasteiger partial charge < -0.3 is 5.32 Å². The SMILES string of the molecule is c1cc(C2=NCC3=C2CNCC3)ccn1. The third kappa shape index (κ3) is 1.49. The lowest BCUT2D eigenvalue weighted by Crippen LogP contribution is -2.27. The Morgan fingerprint density at radius 3 is 2.93 bits per heavy atom. The molecule has 1 N–H and O–H groups in total. The van der Waals surface area contributed by atoms with Gasteiger partial charge in [0.05, 0.1) is 12.3 Å². The maximum atomic E-state index is 4.63. The molecule has 2 aliphatic heterocycles. The quantitative estimate of drug-likeness (QED) is 0.737. The van der Waals surface area contributed by atoms with E-state index in [1.807, 2.05) is 24.5 Å². The Bertz CT molecular complexity index is 431. The van der Waals surface area contributed by atoms with E-state index in [9.17, 15) is 0 Å². The van der Waals surface area contributed by atoms with Gasteiger partial charge in [0.25, 0.3) is 0 Å². The minimum absolute atomic E-state index is 0.897. The van der Waals surface area contributed by atoms with Crippen LogP contribution in [-0.4, -0.2) is 30.3 Å². The molecule has 2 aliphatic rings. The van der Waals surface area contributed by atoms with E-state index >= 15 is 0 Å². The molecule has 3 heterocycles. The highest BCUT2D eigenvalue weighted by atomic mass is 14.9. The minimum atomic E-state index is 0.897. The lowest BCUT2D eigenvalue weighted by molar-refractivity contribution is 0.691. The molecule has 0 unspecified atom stereocenters. The molecule has 76 valence electrons. The van der Waals surface area contributed by atoms with Crippen molar-refractivity contribution in [2.75, 3.05) is 19.6 Å². The summed E-state index contributed by atoms with van der Waals surface area (Å²) in [6.45, 7) is 2.96. The molecular formula is C12H13N3. The Morgan fingerprint density at radius 1 is 1.20 bits per heavy atom. The molecule has 0 spiro atoms. The summed E-state index contributed by atoms with van der Waals surface area (Å²) in [5.41, 5.74) is 5.28. The average Bonchev–Trinajstić information content (AvgIpc) is 2.74. The van der Waals surface area contributed by atoms with Crippen LogP contribution in [0.1, 0.15) is 12.0 Å². The van der Waals surface area contributed by atoms with Gasteiger partial charge in [-0.05, 0) is 36.2 Å². The van der Waals surface area contributed by atoms with Gasteiger partial charge in [0.15, 0.2) is 0 Å². The van der Waals surface area contributed by atoms with Gasteiger partial charge in [0.2, 0.25) is 0 Å². The number of nitrogens with one attached hydrogen (secondary N) is 1. The number of aromatic nitrogens is 1. The van der Waals surface area contributed by atoms with Gasteiger partial charge in [-0.2, -0.15) is 0 Å². The second-order valence-electron chi connectivity index (χ2n) is 3.91. The van der Waals surface area contributed by atoms with Crippen LogP contribution in [-0.2, 0) is 0 Å². The summed E-state index contributed by atoms with van der Waals surface area (Å²) in [5, 5.41) is 3.40. The normalized spacial score (nSPS) is 20.1. The number of nitrogens with zero attached hydrogens (tertiary/aromatic N) is 2. The van der Waals surface area contributed by atoms with Crippen molar-refractivity contribution in [2.24, 2.45) is 4.99 Å². The molecule has 3 nitrogen and oxygen atoms in total. The van der Waals surface area contributed by atoms with Crippen molar-refractivity contribution >= 4 is 5.71 Å². The zero-order valence-corrected chi connectivity index (χ0v) is 8.53. The van der Waals surface area contributed by atoms with Crippen molar-refractivity contribution in [1.29, 1.82) is 0 Å². The fourth-order valence-corrected chi connectivity index (χ4v) is 2.20. The summed E-state index contributed by atoms with van der Waals surface area (Å²) < 4.78 is 0. The Balaban J connectivity index is 1.99. The monoisotopic (exact) mass is 199 g/mol. The van der Waals surface area contributed by atoms with Gasteiger partial charge in [0.1, 0.15) is 0 Å². The number of pyridine rings is 1. The summed E-state index contributed by atoms with van der Waals surface area (Å²) in [4.78, 5) is 8.66. The topological polar surface area (TPSA) is 37.3 Å². The predicted molar refractivity (Wildman–Crippen MR) is 60.2 cm³/mol. The highest BCUT2D eigenvalue weighted by Crippen LogP contribution is 2.23. The van der Waals surface area contributed by atoms with E-state index in [0.29, 0.717) is 0 Å². The molecule has 1 aromatic heterocycles. The van der Waals surface area contributed by atoms with Gasteiger partial charge in [0, 0.05) is 24.5 Å². The van der Waals surface area contributed by atoms with Crippen LogP contribution in [0, 0.1) is 0 Å². The molecule has 0 atom stereocenters. The first-order chi connectivity index (χ1) is 7.45. The highest BCUT2D eigenvalue weighted by molar-refractivity contribution is 6.14. The Labute approximate surface area is 88.9 Å². The van der Waals surface area contributed by atoms with Gasteiger partial charge in [-0.25, -0.2) is 0 Å². The zero-order valence-electron chi connectivity index (χ0n) is 8.53. The Morgan fingerprint density at radius 2 is 2.07 bits per heavy atom. The maximum Gasteiger partial charge on any atom is 0.0696 e. The third-order valence-electron chi connectivity index (χ3n) is 3.00. The van der Waals surface area contributed by atoms with Crippen molar-refractivity contribution in [2.45, 2.75) is 6.42 Å². The Kier molecular flexibility index (Phi) is 2.10. The van der Waals surface area contributed by atoms with Crippen LogP contribution < -0.4 is 5.32 Å². The molecule has 15 heavy (non-hydrogen) atoms. The van der Waals surface area contributed by atoms with Gasteiger partial charge in [-0.1, -0.05) is 0 Å². The molecular weight excluding hydrogens is 186 g/mol. The zero-order chi connectivity index (χ0) is 10.1. The Hall–Kier alpha value is -1.48. The van der Waals surface area contributed by atoms with Gasteiger partial charge in [-0.3, -0.25) is 9.98 Å². The second-order valence-corrected chi connectivity index (χ2v) is 3.91. The predicted octanol–water partition coefficient (Wildman–Crippen LogP) is 1.17. The van der Waals surface area contributed by atoms with Crippen LogP contribution in [0.4, 0.5) is 0 Å². The van der Waals surface area contributed by atoms with Crippen molar-refractivity contribution in [3.05, 3.63) is 41.2 Å². The fourth-order valence-electron chi connectivity index (χ4n) is 2.20. The molecule has 3 heteroatoms. The lowest BCUT2D eigenvalue weighted by atomic mass is 9.97. The molecule has 0 aromatic carbocycles. The van der Waals surface area contributed by atoms with E-state index in [2.05, 4.69) is 15.3 Å². The van der Waals surface area contributed by atoms with E-state index < -0.39 is 0 Å². The van der Waals surface area contributed by atoms with Crippen molar-refractivity contribution in [3.8, 4) is 0 Å². The summed E-state index contributed by atoms with van der Waals surface area (Å²) in [7, 11) is 0. The summed E-state index contributed by atoms with van der Waals surface area (Å²) in [5.74, 6) is 0. The van der Waals surface area contributed by atoms with Crippen LogP contribution in [0.15, 0.2) is 40.7 Å². The average molecular weight is 199 g/mol. The molecule has 0 saturated heterocycles. The molecule has 0 aliphatic carbocycles. The van der Waals surface area contributed by atoms with Crippen molar-refractivity contribution in [3.63, 3.8) is 0 Å². The summed E-state index contributed by atoms with van der Waals surface area (Å²) >= 11 is 0. The number of hydrogen-bond donors (Lipinski definition) is 1. The van der Waals surface area contributed by atoms with Crippen LogP contribution in [0.5, 0.6) is 0 Å². The standard InChI is InChI=1S/C12H13N3/c1-4-13-5-2-9(1)12-11-8-14-6-3-10(11)7-15-12/h1-2,4-5,14H,3,6-8H2. The maximum absolute atomic E-state index is 4.63. The number of rotatable bonds is 1. The fraction of sp³-hybridized carbons (Fsp3) is 0.333. The third-order valence-corrected chi connectivity index (χ3v) is 3.00.